The molecule has 7 heavy (non-hydrogen) atoms. The lowest BCUT2D eigenvalue weighted by Gasteiger charge is -2.15. The van der Waals surface area contributed by atoms with Gasteiger partial charge in [-0.3, -0.25) is 0 Å². The Morgan fingerprint density at radius 2 is 1.86 bits per heavy atom. The Balaban J connectivity index is 3.15. The number of hydrogen-bond donors (Lipinski definition) is 2. The summed E-state index contributed by atoms with van der Waals surface area (Å²) in [7, 11) is 0. The summed E-state index contributed by atoms with van der Waals surface area (Å²) in [6, 6.07) is 0. The zero-order valence-electron chi connectivity index (χ0n) is 4.86. The van der Waals surface area contributed by atoms with Gasteiger partial charge < -0.3 is 0 Å². The monoisotopic (exact) mass is 105 g/mol. The fourth-order valence-electron chi connectivity index (χ4n) is 0.137. The Morgan fingerprint density at radius 3 is 1.86 bits per heavy atom. The molecule has 0 aromatic heterocycles. The van der Waals surface area contributed by atoms with E-state index in [-0.39, 0.29) is 5.54 Å². The molecule has 0 bridgehead atoms. The molecule has 0 heterocycles. The van der Waals surface area contributed by atoms with Gasteiger partial charge in [-0.15, -0.1) is 4.99 Å². The van der Waals surface area contributed by atoms with Crippen molar-refractivity contribution in [1.82, 2.24) is 5.48 Å². The van der Waals surface area contributed by atoms with E-state index in [9.17, 15) is 0 Å². The molecular weight excluding hydrogens is 94.0 g/mol. The highest BCUT2D eigenvalue weighted by Crippen LogP contribution is 1.95. The summed E-state index contributed by atoms with van der Waals surface area (Å²) in [5, 5.41) is 7.79. The van der Waals surface area contributed by atoms with E-state index >= 15 is 0 Å². The lowest BCUT2D eigenvalue weighted by molar-refractivity contribution is -0.306. The van der Waals surface area contributed by atoms with Crippen molar-refractivity contribution in [2.75, 3.05) is 0 Å². The second-order valence-corrected chi connectivity index (χ2v) is 2.44. The molecule has 0 aromatic carbocycles. The average molecular weight is 105 g/mol. The predicted molar refractivity (Wildman–Crippen MR) is 26.6 cm³/mol. The van der Waals surface area contributed by atoms with Crippen molar-refractivity contribution in [2.45, 2.75) is 26.3 Å². The SMILES string of the molecule is CC(C)(C)NOO. The van der Waals surface area contributed by atoms with Gasteiger partial charge >= 0.3 is 0 Å². The van der Waals surface area contributed by atoms with E-state index in [0.717, 1.165) is 0 Å². The third-order valence-corrected chi connectivity index (χ3v) is 0.352. The van der Waals surface area contributed by atoms with Crippen LogP contribution in [0.3, 0.4) is 0 Å². The van der Waals surface area contributed by atoms with Crippen molar-refractivity contribution < 1.29 is 10.2 Å². The zero-order valence-corrected chi connectivity index (χ0v) is 4.86. The highest BCUT2D eigenvalue weighted by atomic mass is 17.2. The van der Waals surface area contributed by atoms with Crippen molar-refractivity contribution in [2.24, 2.45) is 0 Å². The fraction of sp³-hybridized carbons (Fsp3) is 1.00. The van der Waals surface area contributed by atoms with Crippen molar-refractivity contribution >= 4 is 0 Å². The summed E-state index contributed by atoms with van der Waals surface area (Å²) in [4.78, 5) is 3.66. The van der Waals surface area contributed by atoms with Crippen molar-refractivity contribution in [3.05, 3.63) is 0 Å². The molecule has 0 fully saturated rings. The maximum absolute atomic E-state index is 7.79. The molecule has 44 valence electrons. The number of hydroxylamine groups is 1. The van der Waals surface area contributed by atoms with E-state index in [2.05, 4.69) is 10.5 Å². The third-order valence-electron chi connectivity index (χ3n) is 0.352. The first-order chi connectivity index (χ1) is 3.06. The van der Waals surface area contributed by atoms with Crippen LogP contribution in [0.25, 0.3) is 0 Å². The average Bonchev–Trinajstić information content (AvgIpc) is 1.30. The summed E-state index contributed by atoms with van der Waals surface area (Å²) in [5.41, 5.74) is 2.17. The summed E-state index contributed by atoms with van der Waals surface area (Å²) >= 11 is 0. The van der Waals surface area contributed by atoms with Crippen LogP contribution in [-0.2, 0) is 4.99 Å². The molecule has 0 aliphatic carbocycles. The standard InChI is InChI=1S/C4H11NO2/c1-4(2,3)5-7-6/h5-6H,1-3H3. The topological polar surface area (TPSA) is 41.5 Å². The molecule has 0 radical (unpaired) electrons. The predicted octanol–water partition coefficient (Wildman–Crippen LogP) is 0.779. The first-order valence-electron chi connectivity index (χ1n) is 2.14. The Hall–Kier alpha value is -0.120. The lowest BCUT2D eigenvalue weighted by Crippen LogP contribution is -2.34. The van der Waals surface area contributed by atoms with E-state index in [4.69, 9.17) is 5.26 Å². The molecule has 2 N–H and O–H groups in total. The Morgan fingerprint density at radius 1 is 1.43 bits per heavy atom. The summed E-state index contributed by atoms with van der Waals surface area (Å²) < 4.78 is 0. The summed E-state index contributed by atoms with van der Waals surface area (Å²) in [6.45, 7) is 5.63. The first kappa shape index (κ1) is 6.88. The minimum Gasteiger partial charge on any atom is -0.233 e. The van der Waals surface area contributed by atoms with Crippen LogP contribution in [-0.4, -0.2) is 10.8 Å². The van der Waals surface area contributed by atoms with E-state index in [1.54, 1.807) is 0 Å². The van der Waals surface area contributed by atoms with Crippen LogP contribution in [0.1, 0.15) is 20.8 Å². The number of nitrogens with one attached hydrogen (secondary N) is 1. The molecule has 0 unspecified atom stereocenters. The van der Waals surface area contributed by atoms with Crippen LogP contribution in [0.5, 0.6) is 0 Å². The maximum Gasteiger partial charge on any atom is 0.0378 e. The molecule has 0 amide bonds. The van der Waals surface area contributed by atoms with Crippen LogP contribution in [0.15, 0.2) is 0 Å². The van der Waals surface area contributed by atoms with Gasteiger partial charge in [0.25, 0.3) is 0 Å². The quantitative estimate of drug-likeness (QED) is 0.382. The highest BCUT2D eigenvalue weighted by Gasteiger charge is 2.07. The number of hydrogen-bond acceptors (Lipinski definition) is 3. The molecular formula is C4H11NO2. The molecule has 0 spiro atoms. The van der Waals surface area contributed by atoms with Crippen LogP contribution in [0, 0.1) is 0 Å². The molecule has 0 aliphatic heterocycles. The Labute approximate surface area is 43.2 Å². The van der Waals surface area contributed by atoms with Crippen LogP contribution >= 0.6 is 0 Å². The smallest absolute Gasteiger partial charge is 0.0378 e. The molecule has 0 rings (SSSR count). The van der Waals surface area contributed by atoms with Gasteiger partial charge in [0.1, 0.15) is 0 Å². The van der Waals surface area contributed by atoms with Crippen molar-refractivity contribution in [1.29, 1.82) is 0 Å². The van der Waals surface area contributed by atoms with Gasteiger partial charge in [0.15, 0.2) is 0 Å². The maximum atomic E-state index is 7.79. The van der Waals surface area contributed by atoms with Crippen LogP contribution < -0.4 is 5.48 Å². The third kappa shape index (κ3) is 5.88. The van der Waals surface area contributed by atoms with Crippen LogP contribution in [0.4, 0.5) is 0 Å². The van der Waals surface area contributed by atoms with E-state index in [0.29, 0.717) is 0 Å². The second-order valence-electron chi connectivity index (χ2n) is 2.44. The summed E-state index contributed by atoms with van der Waals surface area (Å²) in [6.07, 6.45) is 0. The fourth-order valence-corrected chi connectivity index (χ4v) is 0.137. The normalized spacial score (nSPS) is 12.0. The molecule has 0 saturated heterocycles. The van der Waals surface area contributed by atoms with Gasteiger partial charge in [-0.1, -0.05) is 0 Å². The van der Waals surface area contributed by atoms with Gasteiger partial charge in [0.2, 0.25) is 0 Å². The van der Waals surface area contributed by atoms with Gasteiger partial charge in [0.05, 0.1) is 0 Å². The molecule has 3 nitrogen and oxygen atoms in total. The Bertz CT molecular complexity index is 48.1. The van der Waals surface area contributed by atoms with E-state index in [1.807, 2.05) is 20.8 Å². The van der Waals surface area contributed by atoms with Gasteiger partial charge in [0, 0.05) is 5.54 Å². The van der Waals surface area contributed by atoms with Gasteiger partial charge in [-0.2, -0.15) is 5.48 Å². The molecule has 0 aromatic rings. The molecule has 0 aliphatic rings. The Kier molecular flexibility index (Phi) is 2.22. The second kappa shape index (κ2) is 2.26. The lowest BCUT2D eigenvalue weighted by atomic mass is 10.1. The van der Waals surface area contributed by atoms with Crippen LogP contribution in [0.2, 0.25) is 0 Å². The van der Waals surface area contributed by atoms with E-state index in [1.165, 1.54) is 0 Å². The van der Waals surface area contributed by atoms with Crippen molar-refractivity contribution in [3.8, 4) is 0 Å². The van der Waals surface area contributed by atoms with Crippen molar-refractivity contribution in [3.63, 3.8) is 0 Å². The van der Waals surface area contributed by atoms with E-state index < -0.39 is 0 Å². The minimum absolute atomic E-state index is 0.172. The number of rotatable bonds is 1. The largest absolute Gasteiger partial charge is 0.233 e. The first-order valence-corrected chi connectivity index (χ1v) is 2.14. The molecule has 0 atom stereocenters. The van der Waals surface area contributed by atoms with Gasteiger partial charge in [-0.25, -0.2) is 5.26 Å². The highest BCUT2D eigenvalue weighted by molar-refractivity contribution is 4.62. The summed E-state index contributed by atoms with van der Waals surface area (Å²) in [5.74, 6) is 0. The zero-order chi connectivity index (χ0) is 5.91. The van der Waals surface area contributed by atoms with Gasteiger partial charge in [-0.05, 0) is 20.8 Å². The molecule has 0 saturated carbocycles. The molecule has 3 heteroatoms. The minimum atomic E-state index is -0.172.